The normalized spacial score (nSPS) is 20.4. The van der Waals surface area contributed by atoms with Gasteiger partial charge >= 0.3 is 0 Å². The zero-order valence-electron chi connectivity index (χ0n) is 8.37. The minimum absolute atomic E-state index is 0.496. The third-order valence-corrected chi connectivity index (χ3v) is 6.17. The lowest BCUT2D eigenvalue weighted by Crippen LogP contribution is -2.17. The van der Waals surface area contributed by atoms with Crippen molar-refractivity contribution >= 4 is 27.7 Å². The van der Waals surface area contributed by atoms with Gasteiger partial charge in [0.1, 0.15) is 0 Å². The number of benzene rings is 1. The molecule has 0 N–H and O–H groups in total. The summed E-state index contributed by atoms with van der Waals surface area (Å²) in [6.45, 7) is 2.26. The molecule has 0 saturated heterocycles. The molecule has 1 fully saturated rings. The van der Waals surface area contributed by atoms with Crippen LogP contribution in [0.5, 0.6) is 0 Å². The van der Waals surface area contributed by atoms with Crippen LogP contribution in [0.1, 0.15) is 26.2 Å². The second kappa shape index (κ2) is 4.28. The van der Waals surface area contributed by atoms with Crippen molar-refractivity contribution in [3.05, 3.63) is 30.3 Å². The molecule has 1 unspecified atom stereocenters. The highest BCUT2D eigenvalue weighted by atomic mass is 79.9. The molecule has 1 aromatic carbocycles. The van der Waals surface area contributed by atoms with Crippen molar-refractivity contribution in [3.63, 3.8) is 0 Å². The quantitative estimate of drug-likeness (QED) is 0.727. The van der Waals surface area contributed by atoms with Crippen LogP contribution in [0, 0.1) is 0 Å². The van der Waals surface area contributed by atoms with Crippen molar-refractivity contribution in [3.8, 4) is 0 Å². The van der Waals surface area contributed by atoms with Crippen molar-refractivity contribution in [2.45, 2.75) is 40.7 Å². The highest BCUT2D eigenvalue weighted by Gasteiger charge is 2.48. The van der Waals surface area contributed by atoms with E-state index in [1.165, 1.54) is 24.2 Å². The van der Waals surface area contributed by atoms with Crippen LogP contribution in [0.4, 0.5) is 0 Å². The lowest BCUT2D eigenvalue weighted by atomic mass is 10.2. The van der Waals surface area contributed by atoms with Gasteiger partial charge in [0.05, 0.1) is 0 Å². The van der Waals surface area contributed by atoms with E-state index in [1.807, 2.05) is 11.8 Å². The maximum absolute atomic E-state index is 3.80. The van der Waals surface area contributed by atoms with Gasteiger partial charge in [-0.15, -0.1) is 11.8 Å². The van der Waals surface area contributed by atoms with E-state index in [2.05, 4.69) is 53.2 Å². The Balaban J connectivity index is 2.04. The molecule has 0 bridgehead atoms. The van der Waals surface area contributed by atoms with Gasteiger partial charge < -0.3 is 0 Å². The first-order valence-corrected chi connectivity index (χ1v) is 6.88. The molecule has 1 saturated carbocycles. The first-order chi connectivity index (χ1) is 6.77. The van der Waals surface area contributed by atoms with E-state index in [4.69, 9.17) is 0 Å². The van der Waals surface area contributed by atoms with Gasteiger partial charge in [0.2, 0.25) is 0 Å². The fourth-order valence-corrected chi connectivity index (χ4v) is 3.80. The summed E-state index contributed by atoms with van der Waals surface area (Å²) in [5, 5.41) is 0. The Hall–Kier alpha value is 0.0500. The predicted octanol–water partition coefficient (Wildman–Crippen LogP) is 4.48. The molecule has 0 aliphatic heterocycles. The molecule has 2 heteroatoms. The molecule has 2 rings (SSSR count). The van der Waals surface area contributed by atoms with E-state index in [-0.39, 0.29) is 0 Å². The molecule has 1 aliphatic rings. The summed E-state index contributed by atoms with van der Waals surface area (Å²) in [6.07, 6.45) is 3.94. The second-order valence-electron chi connectivity index (χ2n) is 3.86. The van der Waals surface area contributed by atoms with Gasteiger partial charge in [-0.1, -0.05) is 41.1 Å². The molecule has 0 spiro atoms. The van der Waals surface area contributed by atoms with Crippen LogP contribution in [-0.2, 0) is 0 Å². The molecule has 1 aliphatic carbocycles. The van der Waals surface area contributed by atoms with E-state index in [1.54, 1.807) is 0 Å². The SMILES string of the molecule is CCC(Br)C1(Sc2ccccc2)CC1. The summed E-state index contributed by atoms with van der Waals surface area (Å²) in [4.78, 5) is 2.07. The Kier molecular flexibility index (Phi) is 3.23. The van der Waals surface area contributed by atoms with Gasteiger partial charge in [0.15, 0.2) is 0 Å². The minimum Gasteiger partial charge on any atom is -0.118 e. The van der Waals surface area contributed by atoms with Crippen LogP contribution in [0.25, 0.3) is 0 Å². The molecule has 14 heavy (non-hydrogen) atoms. The number of thioether (sulfide) groups is 1. The van der Waals surface area contributed by atoms with Gasteiger partial charge in [0, 0.05) is 14.5 Å². The summed E-state index contributed by atoms with van der Waals surface area (Å²) in [6, 6.07) is 10.7. The number of alkyl halides is 1. The average Bonchev–Trinajstić information content (AvgIpc) is 2.99. The molecule has 0 radical (unpaired) electrons. The van der Waals surface area contributed by atoms with Crippen LogP contribution in [0.15, 0.2) is 35.2 Å². The van der Waals surface area contributed by atoms with Gasteiger partial charge in [-0.3, -0.25) is 0 Å². The standard InChI is InChI=1S/C12H15BrS/c1-2-11(13)12(8-9-12)14-10-6-4-3-5-7-10/h3-7,11H,2,8-9H2,1H3. The zero-order valence-corrected chi connectivity index (χ0v) is 10.8. The molecule has 0 amide bonds. The summed E-state index contributed by atoms with van der Waals surface area (Å²) in [7, 11) is 0. The maximum Gasteiger partial charge on any atom is 0.0333 e. The first kappa shape index (κ1) is 10.6. The third kappa shape index (κ3) is 2.17. The van der Waals surface area contributed by atoms with Crippen LogP contribution < -0.4 is 0 Å². The monoisotopic (exact) mass is 270 g/mol. The highest BCUT2D eigenvalue weighted by molar-refractivity contribution is 9.09. The minimum atomic E-state index is 0.496. The lowest BCUT2D eigenvalue weighted by Gasteiger charge is -2.19. The summed E-state index contributed by atoms with van der Waals surface area (Å²) in [5.74, 6) is 0. The molecule has 0 heterocycles. The van der Waals surface area contributed by atoms with Crippen molar-refractivity contribution in [1.82, 2.24) is 0 Å². The van der Waals surface area contributed by atoms with Gasteiger partial charge in [-0.25, -0.2) is 0 Å². The third-order valence-electron chi connectivity index (χ3n) is 2.74. The maximum atomic E-state index is 3.80. The number of rotatable bonds is 4. The lowest BCUT2D eigenvalue weighted by molar-refractivity contribution is 0.781. The number of halogens is 1. The molecular weight excluding hydrogens is 256 g/mol. The van der Waals surface area contributed by atoms with Crippen LogP contribution >= 0.6 is 27.7 Å². The van der Waals surface area contributed by atoms with Gasteiger partial charge in [0.25, 0.3) is 0 Å². The fraction of sp³-hybridized carbons (Fsp3) is 0.500. The molecule has 0 aromatic heterocycles. The molecule has 1 atom stereocenters. The Bertz CT molecular complexity index is 292. The highest BCUT2D eigenvalue weighted by Crippen LogP contribution is 2.56. The number of hydrogen-bond acceptors (Lipinski definition) is 1. The summed E-state index contributed by atoms with van der Waals surface area (Å²) < 4.78 is 0.496. The Morgan fingerprint density at radius 1 is 1.36 bits per heavy atom. The zero-order chi connectivity index (χ0) is 10.0. The molecule has 1 aromatic rings. The summed E-state index contributed by atoms with van der Waals surface area (Å²) in [5.41, 5.74) is 0. The first-order valence-electron chi connectivity index (χ1n) is 5.15. The molecule has 76 valence electrons. The number of hydrogen-bond donors (Lipinski definition) is 0. The van der Waals surface area contributed by atoms with Crippen LogP contribution in [-0.4, -0.2) is 9.57 Å². The van der Waals surface area contributed by atoms with Gasteiger partial charge in [-0.2, -0.15) is 0 Å². The Morgan fingerprint density at radius 2 is 2.00 bits per heavy atom. The van der Waals surface area contributed by atoms with Crippen molar-refractivity contribution < 1.29 is 0 Å². The van der Waals surface area contributed by atoms with E-state index in [0.717, 1.165) is 0 Å². The molecular formula is C12H15BrS. The van der Waals surface area contributed by atoms with Crippen molar-refractivity contribution in [1.29, 1.82) is 0 Å². The Labute approximate surface area is 98.6 Å². The largest absolute Gasteiger partial charge is 0.118 e. The van der Waals surface area contributed by atoms with Gasteiger partial charge in [-0.05, 0) is 31.4 Å². The van der Waals surface area contributed by atoms with Crippen molar-refractivity contribution in [2.75, 3.05) is 0 Å². The fourth-order valence-electron chi connectivity index (χ4n) is 1.70. The Morgan fingerprint density at radius 3 is 2.50 bits per heavy atom. The molecule has 0 nitrogen and oxygen atoms in total. The smallest absolute Gasteiger partial charge is 0.0333 e. The van der Waals surface area contributed by atoms with E-state index >= 15 is 0 Å². The van der Waals surface area contributed by atoms with E-state index < -0.39 is 0 Å². The van der Waals surface area contributed by atoms with Crippen LogP contribution in [0.3, 0.4) is 0 Å². The predicted molar refractivity (Wildman–Crippen MR) is 67.3 cm³/mol. The topological polar surface area (TPSA) is 0 Å². The average molecular weight is 271 g/mol. The van der Waals surface area contributed by atoms with Crippen LogP contribution in [0.2, 0.25) is 0 Å². The summed E-state index contributed by atoms with van der Waals surface area (Å²) >= 11 is 5.84. The van der Waals surface area contributed by atoms with E-state index in [9.17, 15) is 0 Å². The second-order valence-corrected chi connectivity index (χ2v) is 6.45. The van der Waals surface area contributed by atoms with E-state index in [0.29, 0.717) is 9.57 Å². The van der Waals surface area contributed by atoms with Crippen molar-refractivity contribution in [2.24, 2.45) is 0 Å².